The first kappa shape index (κ1) is 23.0. The van der Waals surface area contributed by atoms with Gasteiger partial charge < -0.3 is 16.0 Å². The van der Waals surface area contributed by atoms with Crippen LogP contribution in [0.5, 0.6) is 0 Å². The predicted molar refractivity (Wildman–Crippen MR) is 117 cm³/mol. The van der Waals surface area contributed by atoms with E-state index >= 15 is 0 Å². The summed E-state index contributed by atoms with van der Waals surface area (Å²) in [5.74, 6) is 0.398. The molecule has 1 aliphatic rings. The van der Waals surface area contributed by atoms with Gasteiger partial charge >= 0.3 is 6.18 Å². The molecule has 0 spiro atoms. The quantitative estimate of drug-likeness (QED) is 0.325. The molecule has 1 aliphatic heterocycles. The first-order chi connectivity index (χ1) is 13.4. The van der Waals surface area contributed by atoms with Gasteiger partial charge in [-0.3, -0.25) is 9.79 Å². The molecule has 1 amide bonds. The van der Waals surface area contributed by atoms with Gasteiger partial charge in [0, 0.05) is 38.2 Å². The molecule has 3 rings (SSSR count). The Bertz CT molecular complexity index is 886. The Morgan fingerprint density at radius 1 is 1.17 bits per heavy atom. The number of hydrogen-bond donors (Lipinski definition) is 3. The van der Waals surface area contributed by atoms with E-state index in [2.05, 4.69) is 20.9 Å². The Morgan fingerprint density at radius 2 is 1.93 bits per heavy atom. The van der Waals surface area contributed by atoms with E-state index in [1.54, 1.807) is 13.1 Å². The average Bonchev–Trinajstić information content (AvgIpc) is 2.67. The molecule has 1 unspecified atom stereocenters. The topological polar surface area (TPSA) is 65.5 Å². The Morgan fingerprint density at radius 3 is 2.66 bits per heavy atom. The van der Waals surface area contributed by atoms with E-state index in [-0.39, 0.29) is 42.3 Å². The number of carbonyl (C=O) groups is 1. The third kappa shape index (κ3) is 6.09. The standard InChI is InChI=1S/C20H21F3N4O.HI/c1-24-19(25-11-13-5-4-6-15(9-13)20(21,22)23)26-12-14-10-18(28)27-17-8-3-2-7-16(14)17;/h2-9,14H,10-12H2,1H3,(H,27,28)(H2,24,25,26);1H. The minimum absolute atomic E-state index is 0. The van der Waals surface area contributed by atoms with Crippen molar-refractivity contribution in [3.63, 3.8) is 0 Å². The zero-order valence-electron chi connectivity index (χ0n) is 15.7. The largest absolute Gasteiger partial charge is 0.416 e. The lowest BCUT2D eigenvalue weighted by Crippen LogP contribution is -2.40. The molecular weight excluding hydrogens is 496 g/mol. The van der Waals surface area contributed by atoms with Crippen LogP contribution in [0.2, 0.25) is 0 Å². The molecule has 0 radical (unpaired) electrons. The molecule has 1 heterocycles. The number of guanidine groups is 1. The summed E-state index contributed by atoms with van der Waals surface area (Å²) in [5.41, 5.74) is 1.67. The van der Waals surface area contributed by atoms with Crippen LogP contribution in [0.4, 0.5) is 18.9 Å². The van der Waals surface area contributed by atoms with E-state index in [9.17, 15) is 18.0 Å². The van der Waals surface area contributed by atoms with E-state index in [1.165, 1.54) is 6.07 Å². The van der Waals surface area contributed by atoms with E-state index in [1.807, 2.05) is 24.3 Å². The minimum Gasteiger partial charge on any atom is -0.356 e. The molecular formula is C20H22F3IN4O. The van der Waals surface area contributed by atoms with Crippen molar-refractivity contribution in [2.75, 3.05) is 18.9 Å². The summed E-state index contributed by atoms with van der Waals surface area (Å²) >= 11 is 0. The molecule has 156 valence electrons. The molecule has 2 aromatic rings. The fraction of sp³-hybridized carbons (Fsp3) is 0.300. The molecule has 0 saturated heterocycles. The van der Waals surface area contributed by atoms with E-state index < -0.39 is 11.7 Å². The van der Waals surface area contributed by atoms with Gasteiger partial charge in [-0.25, -0.2) is 0 Å². The maximum atomic E-state index is 12.8. The molecule has 0 bridgehead atoms. The van der Waals surface area contributed by atoms with Gasteiger partial charge in [0.25, 0.3) is 0 Å². The number of amides is 1. The fourth-order valence-electron chi connectivity index (χ4n) is 3.17. The number of alkyl halides is 3. The normalized spacial score (nSPS) is 16.3. The van der Waals surface area contributed by atoms with Crippen molar-refractivity contribution >= 4 is 41.5 Å². The minimum atomic E-state index is -4.37. The molecule has 5 nitrogen and oxygen atoms in total. The summed E-state index contributed by atoms with van der Waals surface area (Å²) < 4.78 is 38.5. The summed E-state index contributed by atoms with van der Waals surface area (Å²) in [6, 6.07) is 12.8. The molecule has 9 heteroatoms. The number of nitrogens with one attached hydrogen (secondary N) is 3. The lowest BCUT2D eigenvalue weighted by Gasteiger charge is -2.26. The number of halogens is 4. The van der Waals surface area contributed by atoms with Crippen molar-refractivity contribution in [3.8, 4) is 0 Å². The van der Waals surface area contributed by atoms with Crippen LogP contribution in [0.25, 0.3) is 0 Å². The fourth-order valence-corrected chi connectivity index (χ4v) is 3.17. The summed E-state index contributed by atoms with van der Waals surface area (Å²) in [7, 11) is 1.59. The number of carbonyl (C=O) groups excluding carboxylic acids is 1. The van der Waals surface area contributed by atoms with Gasteiger partial charge in [-0.15, -0.1) is 24.0 Å². The zero-order chi connectivity index (χ0) is 20.1. The van der Waals surface area contributed by atoms with Crippen LogP contribution in [-0.2, 0) is 17.5 Å². The van der Waals surface area contributed by atoms with Crippen molar-refractivity contribution in [2.45, 2.75) is 25.1 Å². The Hall–Kier alpha value is -2.30. The van der Waals surface area contributed by atoms with Gasteiger partial charge in [0.05, 0.1) is 5.56 Å². The van der Waals surface area contributed by atoms with Gasteiger partial charge in [-0.05, 0) is 29.3 Å². The Labute approximate surface area is 184 Å². The summed E-state index contributed by atoms with van der Waals surface area (Å²) in [4.78, 5) is 16.0. The van der Waals surface area contributed by atoms with Crippen LogP contribution in [0, 0.1) is 0 Å². The number of hydrogen-bond acceptors (Lipinski definition) is 2. The summed E-state index contributed by atoms with van der Waals surface area (Å²) in [6.45, 7) is 0.679. The number of benzene rings is 2. The highest BCUT2D eigenvalue weighted by Gasteiger charge is 2.30. The van der Waals surface area contributed by atoms with Crippen LogP contribution < -0.4 is 16.0 Å². The first-order valence-electron chi connectivity index (χ1n) is 8.86. The molecule has 29 heavy (non-hydrogen) atoms. The number of para-hydroxylation sites is 1. The highest BCUT2D eigenvalue weighted by molar-refractivity contribution is 14.0. The molecule has 0 aromatic heterocycles. The average molecular weight is 518 g/mol. The molecule has 0 aliphatic carbocycles. The summed E-state index contributed by atoms with van der Waals surface area (Å²) in [5, 5.41) is 9.01. The van der Waals surface area contributed by atoms with Crippen LogP contribution in [-0.4, -0.2) is 25.5 Å². The molecule has 3 N–H and O–H groups in total. The van der Waals surface area contributed by atoms with Crippen LogP contribution >= 0.6 is 24.0 Å². The Balaban J connectivity index is 0.00000300. The SMILES string of the molecule is CN=C(NCc1cccc(C(F)(F)F)c1)NCC1CC(=O)Nc2ccccc21.I. The summed E-state index contributed by atoms with van der Waals surface area (Å²) in [6.07, 6.45) is -4.01. The van der Waals surface area contributed by atoms with Gasteiger partial charge in [0.1, 0.15) is 0 Å². The molecule has 1 atom stereocenters. The van der Waals surface area contributed by atoms with Crippen molar-refractivity contribution in [1.82, 2.24) is 10.6 Å². The van der Waals surface area contributed by atoms with Gasteiger partial charge in [0.15, 0.2) is 5.96 Å². The Kier molecular flexibility index (Phi) is 7.88. The number of nitrogens with zero attached hydrogens (tertiary/aromatic N) is 1. The number of rotatable bonds is 4. The monoisotopic (exact) mass is 518 g/mol. The van der Waals surface area contributed by atoms with Gasteiger partial charge in [-0.1, -0.05) is 30.3 Å². The predicted octanol–water partition coefficient (Wildman–Crippen LogP) is 4.11. The second-order valence-corrected chi connectivity index (χ2v) is 6.54. The molecule has 2 aromatic carbocycles. The molecule has 0 fully saturated rings. The maximum absolute atomic E-state index is 12.8. The first-order valence-corrected chi connectivity index (χ1v) is 8.86. The second-order valence-electron chi connectivity index (χ2n) is 6.54. The van der Waals surface area contributed by atoms with Crippen molar-refractivity contribution in [1.29, 1.82) is 0 Å². The van der Waals surface area contributed by atoms with Crippen LogP contribution in [0.1, 0.15) is 29.0 Å². The van der Waals surface area contributed by atoms with Gasteiger partial charge in [0.2, 0.25) is 5.91 Å². The smallest absolute Gasteiger partial charge is 0.356 e. The lowest BCUT2D eigenvalue weighted by molar-refractivity contribution is -0.137. The third-order valence-electron chi connectivity index (χ3n) is 4.56. The number of fused-ring (bicyclic) bond motifs is 1. The number of anilines is 1. The van der Waals surface area contributed by atoms with Gasteiger partial charge in [-0.2, -0.15) is 13.2 Å². The lowest BCUT2D eigenvalue weighted by atomic mass is 9.90. The van der Waals surface area contributed by atoms with Crippen molar-refractivity contribution in [3.05, 3.63) is 65.2 Å². The van der Waals surface area contributed by atoms with Crippen LogP contribution in [0.15, 0.2) is 53.5 Å². The maximum Gasteiger partial charge on any atom is 0.416 e. The number of aliphatic imine (C=N–C) groups is 1. The zero-order valence-corrected chi connectivity index (χ0v) is 18.0. The highest BCUT2D eigenvalue weighted by atomic mass is 127. The third-order valence-corrected chi connectivity index (χ3v) is 4.56. The van der Waals surface area contributed by atoms with E-state index in [4.69, 9.17) is 0 Å². The molecule has 0 saturated carbocycles. The van der Waals surface area contributed by atoms with E-state index in [0.717, 1.165) is 23.4 Å². The highest BCUT2D eigenvalue weighted by Crippen LogP contribution is 2.31. The van der Waals surface area contributed by atoms with Crippen molar-refractivity contribution in [2.24, 2.45) is 4.99 Å². The van der Waals surface area contributed by atoms with Crippen LogP contribution in [0.3, 0.4) is 0 Å². The van der Waals surface area contributed by atoms with E-state index in [0.29, 0.717) is 24.5 Å². The van der Waals surface area contributed by atoms with Crippen molar-refractivity contribution < 1.29 is 18.0 Å². The second kappa shape index (κ2) is 9.95.